The van der Waals surface area contributed by atoms with Crippen LogP contribution in [0.4, 0.5) is 4.39 Å². The molecule has 0 radical (unpaired) electrons. The van der Waals surface area contributed by atoms with Crippen molar-refractivity contribution in [2.75, 3.05) is 6.54 Å². The van der Waals surface area contributed by atoms with Gasteiger partial charge >= 0.3 is 0 Å². The van der Waals surface area contributed by atoms with E-state index in [9.17, 15) is 4.39 Å². The van der Waals surface area contributed by atoms with Crippen molar-refractivity contribution in [3.05, 3.63) is 35.1 Å². The van der Waals surface area contributed by atoms with Crippen molar-refractivity contribution < 1.29 is 4.39 Å². The van der Waals surface area contributed by atoms with Gasteiger partial charge in [-0.15, -0.1) is 0 Å². The van der Waals surface area contributed by atoms with Gasteiger partial charge in [-0.2, -0.15) is 0 Å². The van der Waals surface area contributed by atoms with E-state index in [4.69, 9.17) is 0 Å². The lowest BCUT2D eigenvalue weighted by Crippen LogP contribution is -2.29. The van der Waals surface area contributed by atoms with Crippen LogP contribution in [0.5, 0.6) is 0 Å². The van der Waals surface area contributed by atoms with Crippen LogP contribution in [0, 0.1) is 12.7 Å². The van der Waals surface area contributed by atoms with Crippen LogP contribution in [0.15, 0.2) is 18.2 Å². The smallest absolute Gasteiger partial charge is 0.126 e. The lowest BCUT2D eigenvalue weighted by atomic mass is 9.81. The third-order valence-corrected chi connectivity index (χ3v) is 3.26. The second-order valence-electron chi connectivity index (χ2n) is 5.71. The molecule has 1 N–H and O–H groups in total. The molecule has 96 valence electrons. The fourth-order valence-electron chi connectivity index (χ4n) is 1.83. The first-order valence-corrected chi connectivity index (χ1v) is 6.33. The average Bonchev–Trinajstić information content (AvgIpc) is 2.21. The Morgan fingerprint density at radius 1 is 1.29 bits per heavy atom. The largest absolute Gasteiger partial charge is 0.315 e. The minimum Gasteiger partial charge on any atom is -0.315 e. The topological polar surface area (TPSA) is 12.0 Å². The molecule has 0 saturated heterocycles. The molecular weight excluding hydrogens is 213 g/mol. The van der Waals surface area contributed by atoms with E-state index in [0.717, 1.165) is 18.5 Å². The molecule has 0 unspecified atom stereocenters. The first-order valence-electron chi connectivity index (χ1n) is 6.33. The maximum Gasteiger partial charge on any atom is 0.126 e. The quantitative estimate of drug-likeness (QED) is 0.821. The van der Waals surface area contributed by atoms with E-state index in [2.05, 4.69) is 33.0 Å². The number of hydrogen-bond donors (Lipinski definition) is 1. The SMILES string of the molecule is Cc1ccc(C(C)(C)CCNC(C)C)cc1F. The summed E-state index contributed by atoms with van der Waals surface area (Å²) in [7, 11) is 0. The Morgan fingerprint density at radius 2 is 1.94 bits per heavy atom. The Morgan fingerprint density at radius 3 is 2.47 bits per heavy atom. The molecule has 0 aliphatic heterocycles. The van der Waals surface area contributed by atoms with Crippen molar-refractivity contribution in [1.82, 2.24) is 5.32 Å². The predicted octanol–water partition coefficient (Wildman–Crippen LogP) is 3.80. The van der Waals surface area contributed by atoms with Crippen LogP contribution >= 0.6 is 0 Å². The molecule has 0 amide bonds. The molecule has 1 aromatic rings. The van der Waals surface area contributed by atoms with Gasteiger partial charge in [0.25, 0.3) is 0 Å². The lowest BCUT2D eigenvalue weighted by molar-refractivity contribution is 0.439. The number of aryl methyl sites for hydroxylation is 1. The molecule has 17 heavy (non-hydrogen) atoms. The highest BCUT2D eigenvalue weighted by Gasteiger charge is 2.21. The Labute approximate surface area is 104 Å². The summed E-state index contributed by atoms with van der Waals surface area (Å²) in [6.07, 6.45) is 1.01. The number of rotatable bonds is 5. The van der Waals surface area contributed by atoms with Gasteiger partial charge in [-0.1, -0.05) is 39.8 Å². The Hall–Kier alpha value is -0.890. The van der Waals surface area contributed by atoms with Crippen LogP contribution in [-0.2, 0) is 5.41 Å². The molecule has 0 heterocycles. The fraction of sp³-hybridized carbons (Fsp3) is 0.600. The van der Waals surface area contributed by atoms with Crippen LogP contribution in [0.3, 0.4) is 0 Å². The maximum atomic E-state index is 13.5. The zero-order chi connectivity index (χ0) is 13.1. The van der Waals surface area contributed by atoms with E-state index in [1.165, 1.54) is 0 Å². The molecule has 0 spiro atoms. The van der Waals surface area contributed by atoms with Crippen LogP contribution in [0.25, 0.3) is 0 Å². The molecule has 2 heteroatoms. The van der Waals surface area contributed by atoms with E-state index in [1.807, 2.05) is 12.1 Å². The maximum absolute atomic E-state index is 13.5. The molecule has 0 aliphatic carbocycles. The molecule has 0 aliphatic rings. The Balaban J connectivity index is 2.71. The van der Waals surface area contributed by atoms with Crippen LogP contribution < -0.4 is 5.32 Å². The van der Waals surface area contributed by atoms with Gasteiger partial charge < -0.3 is 5.32 Å². The van der Waals surface area contributed by atoms with Gasteiger partial charge in [-0.05, 0) is 42.5 Å². The number of nitrogens with one attached hydrogen (secondary N) is 1. The van der Waals surface area contributed by atoms with Crippen molar-refractivity contribution in [2.45, 2.75) is 52.5 Å². The normalized spacial score (nSPS) is 12.2. The highest BCUT2D eigenvalue weighted by molar-refractivity contribution is 5.28. The molecule has 0 fully saturated rings. The van der Waals surface area contributed by atoms with Crippen molar-refractivity contribution in [2.24, 2.45) is 0 Å². The number of halogens is 1. The van der Waals surface area contributed by atoms with Crippen LogP contribution in [0.2, 0.25) is 0 Å². The second-order valence-corrected chi connectivity index (χ2v) is 5.71. The Kier molecular flexibility index (Phi) is 4.70. The van der Waals surface area contributed by atoms with Gasteiger partial charge in [0.15, 0.2) is 0 Å². The first-order chi connectivity index (χ1) is 7.83. The third kappa shape index (κ3) is 4.12. The van der Waals surface area contributed by atoms with E-state index >= 15 is 0 Å². The zero-order valence-corrected chi connectivity index (χ0v) is 11.6. The lowest BCUT2D eigenvalue weighted by Gasteiger charge is -2.26. The molecule has 0 saturated carbocycles. The van der Waals surface area contributed by atoms with Gasteiger partial charge in [0.1, 0.15) is 5.82 Å². The summed E-state index contributed by atoms with van der Waals surface area (Å²) in [6, 6.07) is 6.07. The summed E-state index contributed by atoms with van der Waals surface area (Å²) < 4.78 is 13.5. The molecule has 1 rings (SSSR count). The van der Waals surface area contributed by atoms with E-state index in [1.54, 1.807) is 13.0 Å². The summed E-state index contributed by atoms with van der Waals surface area (Å²) in [6.45, 7) is 11.4. The minimum atomic E-state index is -0.104. The molecule has 0 atom stereocenters. The molecule has 1 nitrogen and oxygen atoms in total. The van der Waals surface area contributed by atoms with Gasteiger partial charge in [0.05, 0.1) is 0 Å². The van der Waals surface area contributed by atoms with Crippen molar-refractivity contribution in [1.29, 1.82) is 0 Å². The van der Waals surface area contributed by atoms with Gasteiger partial charge in [0, 0.05) is 6.04 Å². The Bertz CT molecular complexity index is 369. The monoisotopic (exact) mass is 237 g/mol. The van der Waals surface area contributed by atoms with E-state index < -0.39 is 0 Å². The van der Waals surface area contributed by atoms with Crippen LogP contribution in [-0.4, -0.2) is 12.6 Å². The van der Waals surface area contributed by atoms with Crippen molar-refractivity contribution in [3.63, 3.8) is 0 Å². The highest BCUT2D eigenvalue weighted by Crippen LogP contribution is 2.27. The first kappa shape index (κ1) is 14.2. The minimum absolute atomic E-state index is 0.0103. The summed E-state index contributed by atoms with van der Waals surface area (Å²) in [5, 5.41) is 3.40. The molecule has 1 aromatic carbocycles. The van der Waals surface area contributed by atoms with Gasteiger partial charge in [-0.25, -0.2) is 4.39 Å². The standard InChI is InChI=1S/C15H24FN/c1-11(2)17-9-8-15(4,5)13-7-6-12(3)14(16)10-13/h6-7,10-11,17H,8-9H2,1-5H3. The highest BCUT2D eigenvalue weighted by atomic mass is 19.1. The van der Waals surface area contributed by atoms with E-state index in [-0.39, 0.29) is 11.2 Å². The van der Waals surface area contributed by atoms with E-state index in [0.29, 0.717) is 11.6 Å². The van der Waals surface area contributed by atoms with Crippen molar-refractivity contribution >= 4 is 0 Å². The predicted molar refractivity (Wildman–Crippen MR) is 71.9 cm³/mol. The van der Waals surface area contributed by atoms with Gasteiger partial charge in [0.2, 0.25) is 0 Å². The van der Waals surface area contributed by atoms with Crippen LogP contribution in [0.1, 0.15) is 45.2 Å². The second kappa shape index (κ2) is 5.63. The van der Waals surface area contributed by atoms with Gasteiger partial charge in [-0.3, -0.25) is 0 Å². The zero-order valence-electron chi connectivity index (χ0n) is 11.6. The molecule has 0 bridgehead atoms. The average molecular weight is 237 g/mol. The summed E-state index contributed by atoms with van der Waals surface area (Å²) in [5.74, 6) is -0.104. The number of benzene rings is 1. The van der Waals surface area contributed by atoms with Crippen molar-refractivity contribution in [3.8, 4) is 0 Å². The summed E-state index contributed by atoms with van der Waals surface area (Å²) in [4.78, 5) is 0. The third-order valence-electron chi connectivity index (χ3n) is 3.26. The summed E-state index contributed by atoms with van der Waals surface area (Å²) in [5.41, 5.74) is 1.80. The fourth-order valence-corrected chi connectivity index (χ4v) is 1.83. The molecular formula is C15H24FN. The molecule has 0 aromatic heterocycles. The number of hydrogen-bond acceptors (Lipinski definition) is 1. The summed E-state index contributed by atoms with van der Waals surface area (Å²) >= 11 is 0.